The number of benzene rings is 3. The van der Waals surface area contributed by atoms with E-state index in [-0.39, 0.29) is 30.3 Å². The van der Waals surface area contributed by atoms with Gasteiger partial charge in [0.1, 0.15) is 11.6 Å². The zero-order valence-electron chi connectivity index (χ0n) is 21.0. The molecular formula is C28H24ClFN4O5. The molecular weight excluding hydrogens is 527 g/mol. The molecule has 0 bridgehead atoms. The third kappa shape index (κ3) is 4.45. The van der Waals surface area contributed by atoms with Gasteiger partial charge in [-0.2, -0.15) is 5.10 Å². The number of aromatic nitrogens is 2. The number of nitrogens with zero attached hydrogens (tertiary/aromatic N) is 4. The second-order valence-electron chi connectivity index (χ2n) is 9.48. The molecule has 0 unspecified atom stereocenters. The van der Waals surface area contributed by atoms with Gasteiger partial charge in [-0.1, -0.05) is 29.8 Å². The summed E-state index contributed by atoms with van der Waals surface area (Å²) in [5, 5.41) is 15.1. The van der Waals surface area contributed by atoms with Gasteiger partial charge in [-0.05, 0) is 24.3 Å². The standard InChI is InChI=1S/C28H24ClFN4O5/c1-32-24-12-20(22(29)9-17(24)13-31-32)27(35)34-14-16-3-2-4-18(26(16)39-15-34)19-11-25(33-5-7-38-8-6-33)21(28(36)37)10-23(19)30/h2-4,9-13H,5-8,14-15H2,1H3,(H,36,37). The van der Waals surface area contributed by atoms with Gasteiger partial charge < -0.3 is 24.4 Å². The first-order valence-electron chi connectivity index (χ1n) is 12.4. The number of carboxylic acid groups (broad SMARTS) is 1. The van der Waals surface area contributed by atoms with Gasteiger partial charge in [-0.25, -0.2) is 9.18 Å². The van der Waals surface area contributed by atoms with Gasteiger partial charge in [-0.15, -0.1) is 0 Å². The Morgan fingerprint density at radius 1 is 1.08 bits per heavy atom. The SMILES string of the molecule is Cn1ncc2cc(Cl)c(C(=O)N3COc4c(cccc4-c4cc(N5CCOCC5)c(C(=O)O)cc4F)C3)cc21. The fourth-order valence-electron chi connectivity index (χ4n) is 5.13. The van der Waals surface area contributed by atoms with Crippen molar-refractivity contribution in [3.8, 4) is 16.9 Å². The summed E-state index contributed by atoms with van der Waals surface area (Å²) in [5.41, 5.74) is 2.83. The average Bonchev–Trinajstić information content (AvgIpc) is 3.30. The number of hydrogen-bond donors (Lipinski definition) is 1. The number of morpholine rings is 1. The molecule has 0 aliphatic carbocycles. The second-order valence-corrected chi connectivity index (χ2v) is 9.89. The van der Waals surface area contributed by atoms with E-state index < -0.39 is 11.8 Å². The molecule has 2 aliphatic heterocycles. The number of carbonyl (C=O) groups is 2. The Hall–Kier alpha value is -4.15. The minimum atomic E-state index is -1.20. The Morgan fingerprint density at radius 2 is 1.87 bits per heavy atom. The van der Waals surface area contributed by atoms with E-state index in [1.807, 2.05) is 11.0 Å². The van der Waals surface area contributed by atoms with Crippen LogP contribution in [0.3, 0.4) is 0 Å². The van der Waals surface area contributed by atoms with Crippen LogP contribution in [-0.2, 0) is 18.3 Å². The van der Waals surface area contributed by atoms with E-state index in [1.165, 1.54) is 4.90 Å². The molecule has 1 fully saturated rings. The van der Waals surface area contributed by atoms with Crippen molar-refractivity contribution in [2.45, 2.75) is 6.54 Å². The van der Waals surface area contributed by atoms with Crippen LogP contribution in [0.2, 0.25) is 5.02 Å². The molecule has 3 heterocycles. The van der Waals surface area contributed by atoms with Crippen molar-refractivity contribution in [2.24, 2.45) is 7.05 Å². The number of carbonyl (C=O) groups excluding carboxylic acids is 1. The molecule has 0 saturated carbocycles. The fourth-order valence-corrected chi connectivity index (χ4v) is 5.38. The number of carboxylic acids is 1. The molecule has 9 nitrogen and oxygen atoms in total. The van der Waals surface area contributed by atoms with Crippen LogP contribution in [0.4, 0.5) is 10.1 Å². The van der Waals surface area contributed by atoms with Gasteiger partial charge >= 0.3 is 5.97 Å². The Kier molecular flexibility index (Phi) is 6.36. The predicted octanol–water partition coefficient (Wildman–Crippen LogP) is 4.56. The van der Waals surface area contributed by atoms with Crippen molar-refractivity contribution >= 4 is 40.1 Å². The number of ether oxygens (including phenoxy) is 2. The summed E-state index contributed by atoms with van der Waals surface area (Å²) < 4.78 is 28.5. The smallest absolute Gasteiger partial charge is 0.337 e. The number of anilines is 1. The molecule has 4 aromatic rings. The molecule has 200 valence electrons. The maximum Gasteiger partial charge on any atom is 0.337 e. The Labute approximate surface area is 227 Å². The van der Waals surface area contributed by atoms with Crippen LogP contribution in [0.5, 0.6) is 5.75 Å². The number of hydrogen-bond acceptors (Lipinski definition) is 6. The van der Waals surface area contributed by atoms with Crippen LogP contribution in [0.1, 0.15) is 26.3 Å². The summed E-state index contributed by atoms with van der Waals surface area (Å²) >= 11 is 6.44. The average molecular weight is 551 g/mol. The minimum absolute atomic E-state index is 0.0618. The molecule has 1 saturated heterocycles. The molecule has 39 heavy (non-hydrogen) atoms. The first kappa shape index (κ1) is 25.1. The van der Waals surface area contributed by atoms with Crippen LogP contribution in [0.25, 0.3) is 22.0 Å². The number of halogens is 2. The normalized spacial score (nSPS) is 15.3. The third-order valence-electron chi connectivity index (χ3n) is 7.13. The molecule has 11 heteroatoms. The van der Waals surface area contributed by atoms with E-state index >= 15 is 4.39 Å². The van der Waals surface area contributed by atoms with E-state index in [9.17, 15) is 14.7 Å². The highest BCUT2D eigenvalue weighted by molar-refractivity contribution is 6.34. The number of amides is 1. The van der Waals surface area contributed by atoms with Crippen molar-refractivity contribution < 1.29 is 28.6 Å². The van der Waals surface area contributed by atoms with Crippen LogP contribution in [0, 0.1) is 5.82 Å². The molecule has 0 atom stereocenters. The van der Waals surface area contributed by atoms with Gasteiger partial charge in [0.05, 0.1) is 53.3 Å². The minimum Gasteiger partial charge on any atom is -0.478 e. The number of aromatic carboxylic acids is 1. The quantitative estimate of drug-likeness (QED) is 0.398. The van der Waals surface area contributed by atoms with Crippen molar-refractivity contribution in [2.75, 3.05) is 37.9 Å². The van der Waals surface area contributed by atoms with Crippen molar-refractivity contribution in [1.29, 1.82) is 0 Å². The lowest BCUT2D eigenvalue weighted by Crippen LogP contribution is -2.37. The zero-order chi connectivity index (χ0) is 27.3. The summed E-state index contributed by atoms with van der Waals surface area (Å²) in [6, 6.07) is 11.3. The number of rotatable bonds is 4. The number of para-hydroxylation sites is 1. The highest BCUT2D eigenvalue weighted by Crippen LogP contribution is 2.40. The largest absolute Gasteiger partial charge is 0.478 e. The van der Waals surface area contributed by atoms with Gasteiger partial charge in [-0.3, -0.25) is 9.48 Å². The van der Waals surface area contributed by atoms with Crippen LogP contribution in [0.15, 0.2) is 48.7 Å². The van der Waals surface area contributed by atoms with E-state index in [1.54, 1.807) is 48.3 Å². The maximum atomic E-state index is 15.4. The van der Waals surface area contributed by atoms with Gasteiger partial charge in [0.25, 0.3) is 5.91 Å². The Morgan fingerprint density at radius 3 is 2.64 bits per heavy atom. The van der Waals surface area contributed by atoms with E-state index in [2.05, 4.69) is 5.10 Å². The highest BCUT2D eigenvalue weighted by Gasteiger charge is 2.29. The Bertz CT molecular complexity index is 1630. The van der Waals surface area contributed by atoms with Crippen molar-refractivity contribution in [3.63, 3.8) is 0 Å². The van der Waals surface area contributed by atoms with E-state index in [0.717, 1.165) is 17.0 Å². The fraction of sp³-hybridized carbons (Fsp3) is 0.250. The summed E-state index contributed by atoms with van der Waals surface area (Å²) in [6.07, 6.45) is 1.68. The van der Waals surface area contributed by atoms with Crippen LogP contribution in [-0.4, -0.2) is 64.7 Å². The van der Waals surface area contributed by atoms with Crippen molar-refractivity contribution in [1.82, 2.24) is 14.7 Å². The van der Waals surface area contributed by atoms with Crippen molar-refractivity contribution in [3.05, 3.63) is 76.2 Å². The lowest BCUT2D eigenvalue weighted by molar-refractivity contribution is 0.0516. The first-order chi connectivity index (χ1) is 18.8. The van der Waals surface area contributed by atoms with Crippen LogP contribution < -0.4 is 9.64 Å². The summed E-state index contributed by atoms with van der Waals surface area (Å²) in [6.45, 7) is 2.08. The molecule has 1 N–H and O–H groups in total. The van der Waals surface area contributed by atoms with Gasteiger partial charge in [0.15, 0.2) is 6.73 Å². The predicted molar refractivity (Wildman–Crippen MR) is 143 cm³/mol. The molecule has 2 aliphatic rings. The molecule has 0 spiro atoms. The Balaban J connectivity index is 1.34. The van der Waals surface area contributed by atoms with Gasteiger partial charge in [0, 0.05) is 42.2 Å². The van der Waals surface area contributed by atoms with E-state index in [4.69, 9.17) is 21.1 Å². The summed E-state index contributed by atoms with van der Waals surface area (Å²) in [7, 11) is 1.79. The molecule has 6 rings (SSSR count). The zero-order valence-corrected chi connectivity index (χ0v) is 21.7. The molecule has 1 amide bonds. The maximum absolute atomic E-state index is 15.4. The van der Waals surface area contributed by atoms with Crippen LogP contribution >= 0.6 is 11.6 Å². The lowest BCUT2D eigenvalue weighted by Gasteiger charge is -2.32. The highest BCUT2D eigenvalue weighted by atomic mass is 35.5. The number of fused-ring (bicyclic) bond motifs is 2. The van der Waals surface area contributed by atoms with E-state index in [0.29, 0.717) is 59.5 Å². The number of aryl methyl sites for hydroxylation is 1. The summed E-state index contributed by atoms with van der Waals surface area (Å²) in [5.74, 6) is -1.73. The first-order valence-corrected chi connectivity index (χ1v) is 12.7. The second kappa shape index (κ2) is 9.87. The molecule has 1 aromatic heterocycles. The van der Waals surface area contributed by atoms with Gasteiger partial charge in [0.2, 0.25) is 0 Å². The monoisotopic (exact) mass is 550 g/mol. The third-order valence-corrected chi connectivity index (χ3v) is 7.45. The molecule has 3 aromatic carbocycles. The topological polar surface area (TPSA) is 97.1 Å². The lowest BCUT2D eigenvalue weighted by atomic mass is 9.97. The molecule has 0 radical (unpaired) electrons. The summed E-state index contributed by atoms with van der Waals surface area (Å²) in [4.78, 5) is 28.8.